The van der Waals surface area contributed by atoms with Crippen LogP contribution in [0, 0.1) is 10.2 Å². The van der Waals surface area contributed by atoms with E-state index >= 15 is 0 Å². The Morgan fingerprint density at radius 2 is 1.16 bits per heavy atom. The molecule has 3 N–H and O–H groups in total. The van der Waals surface area contributed by atoms with Crippen molar-refractivity contribution in [2.45, 2.75) is 71.1 Å². The van der Waals surface area contributed by atoms with Crippen LogP contribution >= 0.6 is 0 Å². The molecule has 0 fully saturated rings. The summed E-state index contributed by atoms with van der Waals surface area (Å²) in [5.41, 5.74) is 3.37. The molecule has 6 nitrogen and oxygen atoms in total. The van der Waals surface area contributed by atoms with Gasteiger partial charge in [-0.3, -0.25) is 5.73 Å². The second-order valence-corrected chi connectivity index (χ2v) is 5.25. The minimum Gasteiger partial charge on any atom is -0.295 e. The zero-order chi connectivity index (χ0) is 15.1. The van der Waals surface area contributed by atoms with Gasteiger partial charge in [0.1, 0.15) is 0 Å². The first kappa shape index (κ1) is 21.1. The summed E-state index contributed by atoms with van der Waals surface area (Å²) in [6.45, 7) is 2.25. The fourth-order valence-electron chi connectivity index (χ4n) is 1.63. The van der Waals surface area contributed by atoms with Gasteiger partial charge in [-0.25, -0.2) is 23.4 Å². The van der Waals surface area contributed by atoms with Crippen molar-refractivity contribution in [3.8, 4) is 0 Å². The molecule has 0 saturated heterocycles. The Morgan fingerprint density at radius 1 is 0.842 bits per heavy atom. The van der Waals surface area contributed by atoms with E-state index in [2.05, 4.69) is 12.7 Å². The van der Waals surface area contributed by atoms with Gasteiger partial charge >= 0.3 is 5.91 Å². The van der Waals surface area contributed by atoms with Crippen LogP contribution in [-0.4, -0.2) is 5.91 Å². The van der Waals surface area contributed by atoms with Crippen molar-refractivity contribution in [2.75, 3.05) is 0 Å². The molecule has 19 heavy (non-hydrogen) atoms. The van der Waals surface area contributed by atoms with Crippen molar-refractivity contribution in [1.82, 2.24) is 0 Å². The lowest BCUT2D eigenvalue weighted by atomic mass is 10.1. The molecule has 0 spiro atoms. The van der Waals surface area contributed by atoms with E-state index in [-0.39, 0.29) is 5.91 Å². The van der Waals surface area contributed by atoms with Gasteiger partial charge in [-0.1, -0.05) is 58.3 Å². The van der Waals surface area contributed by atoms with E-state index in [9.17, 15) is 4.79 Å². The molecule has 0 rings (SSSR count). The summed E-state index contributed by atoms with van der Waals surface area (Å²) in [6.07, 6.45) is 12.4. The van der Waals surface area contributed by atoms with Gasteiger partial charge in [-0.2, -0.15) is 0 Å². The molecule has 0 bridgehead atoms. The number of amides is 1. The molecule has 0 aromatic heterocycles. The van der Waals surface area contributed by atoms with Crippen molar-refractivity contribution in [3.63, 3.8) is 0 Å². The maximum absolute atomic E-state index is 10.5. The first-order valence-corrected chi connectivity index (χ1v) is 7.97. The highest BCUT2D eigenvalue weighted by atomic mass is 35.7. The SMILES string of the molecule is CCCCCCCCCCCC([NH3+])=O.[O-][Cl+3]([O-])([O-])[O-]. The number of halogens is 1. The van der Waals surface area contributed by atoms with Crippen LogP contribution in [0.1, 0.15) is 71.1 Å². The lowest BCUT2D eigenvalue weighted by Crippen LogP contribution is -2.68. The molecular weight excluding hydrogens is 274 g/mol. The Balaban J connectivity index is 0. The van der Waals surface area contributed by atoms with Crippen LogP contribution in [-0.2, 0) is 4.79 Å². The smallest absolute Gasteiger partial charge is 0.295 e. The average Bonchev–Trinajstić information content (AvgIpc) is 2.24. The zero-order valence-electron chi connectivity index (χ0n) is 11.7. The largest absolute Gasteiger partial charge is 0.308 e. The van der Waals surface area contributed by atoms with Crippen LogP contribution in [0.2, 0.25) is 0 Å². The zero-order valence-corrected chi connectivity index (χ0v) is 12.5. The average molecular weight is 300 g/mol. The van der Waals surface area contributed by atoms with Gasteiger partial charge < -0.3 is 0 Å². The molecule has 0 atom stereocenters. The fourth-order valence-corrected chi connectivity index (χ4v) is 1.63. The van der Waals surface area contributed by atoms with E-state index in [1.807, 2.05) is 0 Å². The van der Waals surface area contributed by atoms with Crippen LogP contribution in [0.15, 0.2) is 0 Å². The van der Waals surface area contributed by atoms with Crippen molar-refractivity contribution in [1.29, 1.82) is 0 Å². The predicted octanol–water partition coefficient (Wildman–Crippen LogP) is -2.08. The molecule has 0 heterocycles. The van der Waals surface area contributed by atoms with E-state index < -0.39 is 10.2 Å². The van der Waals surface area contributed by atoms with Crippen LogP contribution in [0.3, 0.4) is 0 Å². The molecule has 0 radical (unpaired) electrons. The fraction of sp³-hybridized carbons (Fsp3) is 0.917. The minimum absolute atomic E-state index is 0.0907. The van der Waals surface area contributed by atoms with Gasteiger partial charge in [-0.05, 0) is 6.42 Å². The second-order valence-electron chi connectivity index (χ2n) is 4.50. The van der Waals surface area contributed by atoms with Crippen LogP contribution < -0.4 is 24.4 Å². The highest BCUT2D eigenvalue weighted by molar-refractivity contribution is 5.63. The molecule has 116 valence electrons. The molecule has 0 aliphatic heterocycles. The molecule has 0 saturated carbocycles. The maximum Gasteiger partial charge on any atom is 0.308 e. The highest BCUT2D eigenvalue weighted by Crippen LogP contribution is 2.09. The van der Waals surface area contributed by atoms with Gasteiger partial charge in [0.2, 0.25) is 0 Å². The lowest BCUT2D eigenvalue weighted by Gasteiger charge is -2.17. The number of hydrogen-bond acceptors (Lipinski definition) is 5. The Hall–Kier alpha value is -0.240. The Labute approximate surface area is 117 Å². The molecule has 0 aliphatic carbocycles. The molecule has 0 unspecified atom stereocenters. The van der Waals surface area contributed by atoms with E-state index in [0.717, 1.165) is 6.42 Å². The minimum atomic E-state index is -4.94. The van der Waals surface area contributed by atoms with Gasteiger partial charge in [0, 0.05) is 0 Å². The summed E-state index contributed by atoms with van der Waals surface area (Å²) >= 11 is 0. The van der Waals surface area contributed by atoms with Gasteiger partial charge in [-0.15, -0.1) is 10.2 Å². The third-order valence-electron chi connectivity index (χ3n) is 2.56. The second kappa shape index (κ2) is 14.2. The Kier molecular flexibility index (Phi) is 15.7. The quantitative estimate of drug-likeness (QED) is 0.461. The maximum atomic E-state index is 10.5. The number of carbonyl (C=O) groups excluding carboxylic acids is 1. The lowest BCUT2D eigenvalue weighted by molar-refractivity contribution is -2.00. The molecule has 0 aliphatic rings. The number of carbonyl (C=O) groups is 1. The van der Waals surface area contributed by atoms with E-state index in [0.29, 0.717) is 6.42 Å². The highest BCUT2D eigenvalue weighted by Gasteiger charge is 1.97. The summed E-state index contributed by atoms with van der Waals surface area (Å²) in [7, 11) is -4.94. The summed E-state index contributed by atoms with van der Waals surface area (Å²) < 4.78 is 34.0. The van der Waals surface area contributed by atoms with Gasteiger partial charge in [0.05, 0.1) is 6.42 Å². The summed E-state index contributed by atoms with van der Waals surface area (Å²) in [5, 5.41) is 0. The number of unbranched alkanes of at least 4 members (excludes halogenated alkanes) is 8. The van der Waals surface area contributed by atoms with Crippen LogP contribution in [0.25, 0.3) is 0 Å². The van der Waals surface area contributed by atoms with Crippen molar-refractivity contribution < 1.29 is 39.4 Å². The normalized spacial score (nSPS) is 10.8. The molecular formula is C12H26ClNO5. The monoisotopic (exact) mass is 299 g/mol. The molecule has 7 heteroatoms. The summed E-state index contributed by atoms with van der Waals surface area (Å²) in [5.74, 6) is 0.0907. The molecule has 1 amide bonds. The van der Waals surface area contributed by atoms with Crippen molar-refractivity contribution in [3.05, 3.63) is 0 Å². The van der Waals surface area contributed by atoms with E-state index in [4.69, 9.17) is 18.6 Å². The van der Waals surface area contributed by atoms with Crippen molar-refractivity contribution >= 4 is 5.91 Å². The predicted molar refractivity (Wildman–Crippen MR) is 59.7 cm³/mol. The van der Waals surface area contributed by atoms with E-state index in [1.165, 1.54) is 51.4 Å². The Bertz CT molecular complexity index is 203. The number of quaternary nitrogens is 1. The van der Waals surface area contributed by atoms with Crippen LogP contribution in [0.4, 0.5) is 0 Å². The topological polar surface area (TPSA) is 137 Å². The summed E-state index contributed by atoms with van der Waals surface area (Å²) in [4.78, 5) is 10.5. The first-order chi connectivity index (χ1) is 8.77. The third-order valence-corrected chi connectivity index (χ3v) is 2.56. The molecule has 0 aromatic carbocycles. The number of rotatable bonds is 10. The number of hydrogen-bond donors (Lipinski definition) is 1. The van der Waals surface area contributed by atoms with Gasteiger partial charge in [0.15, 0.2) is 0 Å². The molecule has 0 aromatic rings. The summed E-state index contributed by atoms with van der Waals surface area (Å²) in [6, 6.07) is 0. The van der Waals surface area contributed by atoms with Crippen molar-refractivity contribution in [2.24, 2.45) is 0 Å². The standard InChI is InChI=1S/C12H25NO.ClHO4/c1-2-3-4-5-6-7-8-9-10-11-12(13)14;2-1(3,4)5/h2-11H2,1H3,(H2,13,14);(H,2,3,4,5). The third kappa shape index (κ3) is 38.1. The van der Waals surface area contributed by atoms with E-state index in [1.54, 1.807) is 0 Å². The van der Waals surface area contributed by atoms with Crippen LogP contribution in [0.5, 0.6) is 0 Å². The Morgan fingerprint density at radius 3 is 1.47 bits per heavy atom. The first-order valence-electron chi connectivity index (χ1n) is 6.74. The van der Waals surface area contributed by atoms with Gasteiger partial charge in [0.25, 0.3) is 0 Å².